The minimum Gasteiger partial charge on any atom is -0.341 e. The van der Waals surface area contributed by atoms with Gasteiger partial charge in [0, 0.05) is 38.4 Å². The van der Waals surface area contributed by atoms with E-state index < -0.39 is 41.4 Å². The smallest absolute Gasteiger partial charge is 0.341 e. The molecule has 32 heavy (non-hydrogen) atoms. The number of aromatic nitrogens is 1. The highest BCUT2D eigenvalue weighted by molar-refractivity contribution is 5.79. The van der Waals surface area contributed by atoms with Gasteiger partial charge >= 0.3 is 12.4 Å². The maximum Gasteiger partial charge on any atom is 0.416 e. The molecule has 1 fully saturated rings. The Morgan fingerprint density at radius 1 is 0.969 bits per heavy atom. The van der Waals surface area contributed by atoms with E-state index in [9.17, 15) is 31.1 Å². The Balaban J connectivity index is 1.68. The monoisotopic (exact) mass is 459 g/mol. The van der Waals surface area contributed by atoms with Crippen molar-refractivity contribution in [2.45, 2.75) is 38.7 Å². The van der Waals surface area contributed by atoms with Crippen molar-refractivity contribution in [3.63, 3.8) is 0 Å². The third-order valence-electron chi connectivity index (χ3n) is 5.36. The molecule has 1 saturated heterocycles. The van der Waals surface area contributed by atoms with E-state index in [1.54, 1.807) is 0 Å². The molecule has 1 aromatic carbocycles. The average Bonchev–Trinajstić information content (AvgIpc) is 2.92. The third-order valence-corrected chi connectivity index (χ3v) is 5.36. The summed E-state index contributed by atoms with van der Waals surface area (Å²) >= 11 is 0. The van der Waals surface area contributed by atoms with Gasteiger partial charge in [-0.15, -0.1) is 0 Å². The van der Waals surface area contributed by atoms with E-state index in [1.807, 2.05) is 25.1 Å². The van der Waals surface area contributed by atoms with Gasteiger partial charge in [0.2, 0.25) is 5.91 Å². The summed E-state index contributed by atoms with van der Waals surface area (Å²) in [4.78, 5) is 20.7. The van der Waals surface area contributed by atoms with Gasteiger partial charge in [0.25, 0.3) is 0 Å². The molecule has 0 unspecified atom stereocenters. The predicted octanol–water partition coefficient (Wildman–Crippen LogP) is 4.70. The van der Waals surface area contributed by atoms with Gasteiger partial charge in [-0.25, -0.2) is 0 Å². The van der Waals surface area contributed by atoms with Crippen LogP contribution in [0.3, 0.4) is 0 Å². The molecule has 0 spiro atoms. The number of nitrogens with zero attached hydrogens (tertiary/aromatic N) is 3. The molecular weight excluding hydrogens is 436 g/mol. The highest BCUT2D eigenvalue weighted by atomic mass is 19.4. The van der Waals surface area contributed by atoms with Crippen molar-refractivity contribution in [2.75, 3.05) is 26.2 Å². The number of benzene rings is 1. The predicted molar refractivity (Wildman–Crippen MR) is 106 cm³/mol. The van der Waals surface area contributed by atoms with Gasteiger partial charge in [-0.2, -0.15) is 26.3 Å². The molecule has 1 aromatic heterocycles. The summed E-state index contributed by atoms with van der Waals surface area (Å²) in [5.41, 5.74) is -1.49. The zero-order valence-electron chi connectivity index (χ0n) is 17.4. The quantitative estimate of drug-likeness (QED) is 0.622. The number of hydrogen-bond donors (Lipinski definition) is 0. The standard InChI is InChI=1S/C22H23F6N3O/c1-15-4-2-5-18(29-15)14-30-8-3-9-31(11-10-30)20(32)12-16-6-7-17(21(23,24)25)13-19(16)22(26,27)28/h2,4-7,13H,3,8-12,14H2,1H3. The first-order chi connectivity index (χ1) is 14.9. The minimum atomic E-state index is -4.99. The minimum absolute atomic E-state index is 0.0711. The zero-order chi connectivity index (χ0) is 23.5. The van der Waals surface area contributed by atoms with E-state index in [-0.39, 0.29) is 6.07 Å². The van der Waals surface area contributed by atoms with Gasteiger partial charge in [-0.05, 0) is 43.2 Å². The van der Waals surface area contributed by atoms with E-state index in [4.69, 9.17) is 0 Å². The summed E-state index contributed by atoms with van der Waals surface area (Å²) in [6, 6.07) is 7.11. The van der Waals surface area contributed by atoms with Crippen molar-refractivity contribution in [3.8, 4) is 0 Å². The van der Waals surface area contributed by atoms with Crippen LogP contribution in [0, 0.1) is 6.92 Å². The van der Waals surface area contributed by atoms with E-state index >= 15 is 0 Å². The summed E-state index contributed by atoms with van der Waals surface area (Å²) in [6.45, 7) is 4.42. The fourth-order valence-corrected chi connectivity index (χ4v) is 3.74. The van der Waals surface area contributed by atoms with Crippen molar-refractivity contribution < 1.29 is 31.1 Å². The van der Waals surface area contributed by atoms with Crippen molar-refractivity contribution >= 4 is 5.91 Å². The largest absolute Gasteiger partial charge is 0.416 e. The van der Waals surface area contributed by atoms with Crippen LogP contribution >= 0.6 is 0 Å². The second kappa shape index (κ2) is 9.48. The maximum absolute atomic E-state index is 13.4. The Kier molecular flexibility index (Phi) is 7.12. The molecular formula is C22H23F6N3O. The van der Waals surface area contributed by atoms with E-state index in [1.165, 1.54) is 4.90 Å². The molecule has 1 aliphatic heterocycles. The Morgan fingerprint density at radius 3 is 2.38 bits per heavy atom. The fraction of sp³-hybridized carbons (Fsp3) is 0.455. The Labute approximate surface area is 181 Å². The molecule has 174 valence electrons. The normalized spacial score (nSPS) is 16.2. The number of amides is 1. The van der Waals surface area contributed by atoms with Crippen LogP contribution in [0.5, 0.6) is 0 Å². The van der Waals surface area contributed by atoms with Crippen LogP contribution in [-0.2, 0) is 30.1 Å². The third kappa shape index (κ3) is 6.21. The van der Waals surface area contributed by atoms with Gasteiger partial charge in [0.1, 0.15) is 0 Å². The van der Waals surface area contributed by atoms with E-state index in [0.717, 1.165) is 17.5 Å². The molecule has 1 amide bonds. The van der Waals surface area contributed by atoms with Crippen LogP contribution in [0.4, 0.5) is 26.3 Å². The number of alkyl halides is 6. The van der Waals surface area contributed by atoms with Crippen LogP contribution in [0.2, 0.25) is 0 Å². The summed E-state index contributed by atoms with van der Waals surface area (Å²) < 4.78 is 78.6. The molecule has 0 radical (unpaired) electrons. The first-order valence-electron chi connectivity index (χ1n) is 10.1. The molecule has 10 heteroatoms. The first kappa shape index (κ1) is 24.0. The number of pyridine rings is 1. The van der Waals surface area contributed by atoms with E-state index in [0.29, 0.717) is 45.2 Å². The van der Waals surface area contributed by atoms with Gasteiger partial charge < -0.3 is 4.90 Å². The van der Waals surface area contributed by atoms with Gasteiger partial charge in [0.05, 0.1) is 23.2 Å². The number of carbonyl (C=O) groups excluding carboxylic acids is 1. The second-order valence-electron chi connectivity index (χ2n) is 7.83. The highest BCUT2D eigenvalue weighted by Gasteiger charge is 2.38. The summed E-state index contributed by atoms with van der Waals surface area (Å²) in [7, 11) is 0. The van der Waals surface area contributed by atoms with Crippen LogP contribution < -0.4 is 0 Å². The fourth-order valence-electron chi connectivity index (χ4n) is 3.74. The molecule has 4 nitrogen and oxygen atoms in total. The van der Waals surface area contributed by atoms with Gasteiger partial charge in [-0.1, -0.05) is 12.1 Å². The molecule has 0 saturated carbocycles. The van der Waals surface area contributed by atoms with Crippen molar-refractivity contribution in [3.05, 3.63) is 64.5 Å². The number of halogens is 6. The summed E-state index contributed by atoms with van der Waals surface area (Å²) in [5.74, 6) is -0.536. The Bertz CT molecular complexity index is 957. The highest BCUT2D eigenvalue weighted by Crippen LogP contribution is 2.37. The average molecular weight is 459 g/mol. The number of aryl methyl sites for hydroxylation is 1. The maximum atomic E-state index is 13.4. The van der Waals surface area contributed by atoms with Crippen LogP contribution in [0.25, 0.3) is 0 Å². The number of carbonyl (C=O) groups is 1. The van der Waals surface area contributed by atoms with Gasteiger partial charge in [-0.3, -0.25) is 14.7 Å². The molecule has 0 N–H and O–H groups in total. The van der Waals surface area contributed by atoms with Crippen molar-refractivity contribution in [2.24, 2.45) is 0 Å². The van der Waals surface area contributed by atoms with Crippen molar-refractivity contribution in [1.82, 2.24) is 14.8 Å². The summed E-state index contributed by atoms with van der Waals surface area (Å²) in [5, 5.41) is 0. The van der Waals surface area contributed by atoms with Gasteiger partial charge in [0.15, 0.2) is 0 Å². The molecule has 1 aliphatic rings. The van der Waals surface area contributed by atoms with Crippen molar-refractivity contribution in [1.29, 1.82) is 0 Å². The molecule has 0 bridgehead atoms. The lowest BCUT2D eigenvalue weighted by atomic mass is 10.00. The number of hydrogen-bond acceptors (Lipinski definition) is 3. The lowest BCUT2D eigenvalue weighted by molar-refractivity contribution is -0.143. The SMILES string of the molecule is Cc1cccc(CN2CCCN(C(=O)Cc3ccc(C(F)(F)F)cc3C(F)(F)F)CC2)n1. The van der Waals surface area contributed by atoms with Crippen LogP contribution in [-0.4, -0.2) is 46.9 Å². The molecule has 0 atom stereocenters. The molecule has 2 heterocycles. The first-order valence-corrected chi connectivity index (χ1v) is 10.1. The summed E-state index contributed by atoms with van der Waals surface area (Å²) in [6.07, 6.45) is -9.86. The topological polar surface area (TPSA) is 36.4 Å². The lowest BCUT2D eigenvalue weighted by Gasteiger charge is -2.23. The Hall–Kier alpha value is -2.62. The lowest BCUT2D eigenvalue weighted by Crippen LogP contribution is -2.36. The van der Waals surface area contributed by atoms with Crippen LogP contribution in [0.15, 0.2) is 36.4 Å². The molecule has 0 aliphatic carbocycles. The van der Waals surface area contributed by atoms with Crippen LogP contribution in [0.1, 0.15) is 34.5 Å². The molecule has 2 aromatic rings. The number of rotatable bonds is 4. The van der Waals surface area contributed by atoms with E-state index in [2.05, 4.69) is 9.88 Å². The molecule has 3 rings (SSSR count). The zero-order valence-corrected chi connectivity index (χ0v) is 17.4. The second-order valence-corrected chi connectivity index (χ2v) is 7.83. The Morgan fingerprint density at radius 2 is 1.72 bits per heavy atom.